The Morgan fingerprint density at radius 3 is 2.42 bits per heavy atom. The maximum atomic E-state index is 10.6. The first-order valence-corrected chi connectivity index (χ1v) is 7.00. The van der Waals surface area contributed by atoms with Crippen LogP contribution in [0.25, 0.3) is 0 Å². The van der Waals surface area contributed by atoms with Crippen LogP contribution in [0.1, 0.15) is 51.5 Å². The molecule has 1 aromatic rings. The van der Waals surface area contributed by atoms with Crippen LogP contribution >= 0.6 is 0 Å². The molecule has 0 radical (unpaired) electrons. The predicted molar refractivity (Wildman–Crippen MR) is 77.9 cm³/mol. The van der Waals surface area contributed by atoms with Gasteiger partial charge in [-0.25, -0.2) is 0 Å². The quantitative estimate of drug-likeness (QED) is 0.726. The van der Waals surface area contributed by atoms with Gasteiger partial charge in [0.25, 0.3) is 0 Å². The largest absolute Gasteiger partial charge is 0.497 e. The molecule has 0 aliphatic rings. The average molecular weight is 266 g/mol. The minimum atomic E-state index is -0.856. The van der Waals surface area contributed by atoms with Crippen molar-refractivity contribution in [1.29, 1.82) is 0 Å². The van der Waals surface area contributed by atoms with Crippen molar-refractivity contribution >= 4 is 0 Å². The molecular formula is C16H26O3. The fourth-order valence-corrected chi connectivity index (χ4v) is 2.27. The first-order valence-electron chi connectivity index (χ1n) is 7.00. The lowest BCUT2D eigenvalue weighted by molar-refractivity contribution is 0.0423. The van der Waals surface area contributed by atoms with Gasteiger partial charge in [-0.1, -0.05) is 32.6 Å². The summed E-state index contributed by atoms with van der Waals surface area (Å²) in [5, 5.41) is 10.6. The van der Waals surface area contributed by atoms with Crippen LogP contribution in [0, 0.1) is 0 Å². The number of benzene rings is 1. The number of unbranched alkanes of at least 4 members (excludes halogenated alkanes) is 3. The number of hydrogen-bond donors (Lipinski definition) is 1. The van der Waals surface area contributed by atoms with E-state index in [1.807, 2.05) is 25.1 Å². The van der Waals surface area contributed by atoms with Gasteiger partial charge in [-0.05, 0) is 25.5 Å². The number of ether oxygens (including phenoxy) is 2. The van der Waals surface area contributed by atoms with Gasteiger partial charge in [-0.2, -0.15) is 0 Å². The predicted octanol–water partition coefficient (Wildman–Crippen LogP) is 3.88. The van der Waals surface area contributed by atoms with Gasteiger partial charge >= 0.3 is 0 Å². The lowest BCUT2D eigenvalue weighted by atomic mass is 9.89. The Labute approximate surface area is 116 Å². The summed E-state index contributed by atoms with van der Waals surface area (Å²) in [6.07, 6.45) is 5.35. The second kappa shape index (κ2) is 7.39. The molecule has 0 saturated carbocycles. The van der Waals surface area contributed by atoms with Gasteiger partial charge in [0.2, 0.25) is 0 Å². The van der Waals surface area contributed by atoms with Gasteiger partial charge < -0.3 is 14.6 Å². The summed E-state index contributed by atoms with van der Waals surface area (Å²) in [4.78, 5) is 0. The Hall–Kier alpha value is -1.22. The van der Waals surface area contributed by atoms with E-state index in [4.69, 9.17) is 9.47 Å². The molecule has 0 heterocycles. The smallest absolute Gasteiger partial charge is 0.128 e. The summed E-state index contributed by atoms with van der Waals surface area (Å²) in [6, 6.07) is 5.56. The topological polar surface area (TPSA) is 38.7 Å². The number of aliphatic hydroxyl groups is 1. The Morgan fingerprint density at radius 1 is 1.11 bits per heavy atom. The molecule has 0 aromatic heterocycles. The van der Waals surface area contributed by atoms with Crippen LogP contribution in [-0.4, -0.2) is 19.3 Å². The molecule has 0 bridgehead atoms. The molecule has 0 spiro atoms. The van der Waals surface area contributed by atoms with Crippen LogP contribution in [-0.2, 0) is 5.60 Å². The van der Waals surface area contributed by atoms with Crippen LogP contribution in [0.2, 0.25) is 0 Å². The molecule has 0 aliphatic heterocycles. The molecule has 1 atom stereocenters. The molecule has 0 amide bonds. The Balaban J connectivity index is 2.81. The summed E-state index contributed by atoms with van der Waals surface area (Å²) in [5.41, 5.74) is -0.0296. The fraction of sp³-hybridized carbons (Fsp3) is 0.625. The zero-order chi connectivity index (χ0) is 14.3. The molecular weight excluding hydrogens is 240 g/mol. The van der Waals surface area contributed by atoms with E-state index in [0.717, 1.165) is 30.6 Å². The monoisotopic (exact) mass is 266 g/mol. The van der Waals surface area contributed by atoms with E-state index in [9.17, 15) is 5.11 Å². The van der Waals surface area contributed by atoms with E-state index in [-0.39, 0.29) is 0 Å². The van der Waals surface area contributed by atoms with E-state index in [0.29, 0.717) is 5.75 Å². The minimum absolute atomic E-state index is 0.680. The molecule has 1 N–H and O–H groups in total. The average Bonchev–Trinajstić information content (AvgIpc) is 2.42. The molecule has 19 heavy (non-hydrogen) atoms. The highest BCUT2D eigenvalue weighted by molar-refractivity contribution is 5.43. The second-order valence-corrected chi connectivity index (χ2v) is 5.15. The van der Waals surface area contributed by atoms with Crippen molar-refractivity contribution in [2.24, 2.45) is 0 Å². The highest BCUT2D eigenvalue weighted by Gasteiger charge is 2.26. The third kappa shape index (κ3) is 4.43. The maximum Gasteiger partial charge on any atom is 0.128 e. The zero-order valence-electron chi connectivity index (χ0n) is 12.5. The second-order valence-electron chi connectivity index (χ2n) is 5.15. The molecule has 0 fully saturated rings. The fourth-order valence-electron chi connectivity index (χ4n) is 2.27. The highest BCUT2D eigenvalue weighted by Crippen LogP contribution is 2.36. The van der Waals surface area contributed by atoms with Crippen molar-refractivity contribution < 1.29 is 14.6 Å². The summed E-state index contributed by atoms with van der Waals surface area (Å²) >= 11 is 0. The Morgan fingerprint density at radius 2 is 1.84 bits per heavy atom. The van der Waals surface area contributed by atoms with Crippen LogP contribution in [0.5, 0.6) is 11.5 Å². The van der Waals surface area contributed by atoms with E-state index in [2.05, 4.69) is 6.92 Å². The van der Waals surface area contributed by atoms with Crippen molar-refractivity contribution in [2.45, 2.75) is 51.6 Å². The molecule has 0 saturated heterocycles. The van der Waals surface area contributed by atoms with E-state index < -0.39 is 5.60 Å². The van der Waals surface area contributed by atoms with Crippen molar-refractivity contribution in [3.8, 4) is 11.5 Å². The van der Waals surface area contributed by atoms with E-state index in [1.54, 1.807) is 14.2 Å². The van der Waals surface area contributed by atoms with Gasteiger partial charge in [0, 0.05) is 11.6 Å². The zero-order valence-corrected chi connectivity index (χ0v) is 12.5. The third-order valence-corrected chi connectivity index (χ3v) is 3.51. The SMILES string of the molecule is CCCCCCC(C)(O)c1ccc(OC)cc1OC. The van der Waals surface area contributed by atoms with Gasteiger partial charge in [-0.15, -0.1) is 0 Å². The van der Waals surface area contributed by atoms with Crippen LogP contribution < -0.4 is 9.47 Å². The van der Waals surface area contributed by atoms with Crippen LogP contribution in [0.4, 0.5) is 0 Å². The van der Waals surface area contributed by atoms with Crippen LogP contribution in [0.15, 0.2) is 18.2 Å². The normalized spacial score (nSPS) is 13.9. The van der Waals surface area contributed by atoms with Crippen molar-refractivity contribution in [3.63, 3.8) is 0 Å². The summed E-state index contributed by atoms with van der Waals surface area (Å²) in [5.74, 6) is 1.42. The summed E-state index contributed by atoms with van der Waals surface area (Å²) in [6.45, 7) is 4.04. The van der Waals surface area contributed by atoms with Gasteiger partial charge in [0.15, 0.2) is 0 Å². The standard InChI is InChI=1S/C16H26O3/c1-5-6-7-8-11-16(2,17)14-10-9-13(18-3)12-15(14)19-4/h9-10,12,17H,5-8,11H2,1-4H3. The first-order chi connectivity index (χ1) is 9.05. The Kier molecular flexibility index (Phi) is 6.16. The first kappa shape index (κ1) is 15.8. The van der Waals surface area contributed by atoms with Gasteiger partial charge in [0.05, 0.1) is 19.8 Å². The molecule has 1 rings (SSSR count). The summed E-state index contributed by atoms with van der Waals surface area (Å²) < 4.78 is 10.5. The maximum absolute atomic E-state index is 10.6. The molecule has 3 heteroatoms. The van der Waals surface area contributed by atoms with Crippen molar-refractivity contribution in [3.05, 3.63) is 23.8 Å². The van der Waals surface area contributed by atoms with Crippen molar-refractivity contribution in [1.82, 2.24) is 0 Å². The minimum Gasteiger partial charge on any atom is -0.497 e. The molecule has 0 aliphatic carbocycles. The molecule has 1 unspecified atom stereocenters. The highest BCUT2D eigenvalue weighted by atomic mass is 16.5. The molecule has 108 valence electrons. The van der Waals surface area contributed by atoms with Crippen LogP contribution in [0.3, 0.4) is 0 Å². The van der Waals surface area contributed by atoms with Gasteiger partial charge in [-0.3, -0.25) is 0 Å². The van der Waals surface area contributed by atoms with Crippen molar-refractivity contribution in [2.75, 3.05) is 14.2 Å². The molecule has 3 nitrogen and oxygen atoms in total. The number of hydrogen-bond acceptors (Lipinski definition) is 3. The lowest BCUT2D eigenvalue weighted by Gasteiger charge is -2.26. The van der Waals surface area contributed by atoms with E-state index >= 15 is 0 Å². The summed E-state index contributed by atoms with van der Waals surface area (Å²) in [7, 11) is 3.24. The Bertz CT molecular complexity index is 386. The van der Waals surface area contributed by atoms with Gasteiger partial charge in [0.1, 0.15) is 11.5 Å². The number of rotatable bonds is 8. The third-order valence-electron chi connectivity index (χ3n) is 3.51. The van der Waals surface area contributed by atoms with E-state index in [1.165, 1.54) is 12.8 Å². The number of methoxy groups -OCH3 is 2. The molecule has 1 aromatic carbocycles. The lowest BCUT2D eigenvalue weighted by Crippen LogP contribution is -2.22.